The Morgan fingerprint density at radius 1 is 1.36 bits per heavy atom. The van der Waals surface area contributed by atoms with Gasteiger partial charge in [-0.05, 0) is 31.5 Å². The fraction of sp³-hybridized carbons (Fsp3) is 0.526. The van der Waals surface area contributed by atoms with Crippen LogP contribution in [0, 0.1) is 18.8 Å². The molecule has 0 saturated carbocycles. The Morgan fingerprint density at radius 2 is 2.07 bits per heavy atom. The highest BCUT2D eigenvalue weighted by atomic mass is 35.5. The molecule has 3 aliphatic heterocycles. The number of methoxy groups -OCH3 is 1. The Balaban J connectivity index is 1.89. The summed E-state index contributed by atoms with van der Waals surface area (Å²) < 4.78 is 5.02. The summed E-state index contributed by atoms with van der Waals surface area (Å²) in [6.45, 7) is 3.73. The molecule has 2 saturated heterocycles. The van der Waals surface area contributed by atoms with Gasteiger partial charge in [-0.25, -0.2) is 0 Å². The van der Waals surface area contributed by atoms with E-state index in [1.54, 1.807) is 24.4 Å². The first-order chi connectivity index (χ1) is 13.2. The molecule has 2 fully saturated rings. The molecule has 9 heteroatoms. The molecule has 0 aromatic heterocycles. The molecule has 5 atom stereocenters. The molecule has 4 N–H and O–H groups in total. The molecule has 3 heterocycles. The first-order valence-corrected chi connectivity index (χ1v) is 9.62. The second kappa shape index (κ2) is 6.52. The number of rotatable bonds is 4. The van der Waals surface area contributed by atoms with Gasteiger partial charge in [0.25, 0.3) is 5.91 Å². The Bertz CT molecular complexity index is 889. The topological polar surface area (TPSA) is 113 Å². The van der Waals surface area contributed by atoms with Gasteiger partial charge in [-0.2, -0.15) is 0 Å². The fourth-order valence-electron chi connectivity index (χ4n) is 5.02. The predicted octanol–water partition coefficient (Wildman–Crippen LogP) is -0.630. The SMILES string of the molecule is COCCN1C(=O)[C@@H]2[C@@H]([C@@H](C)O)[NH2+][C@]3(C(=O)Nc4c(C)cc(Cl)cc43)[C@@H]2C1=O. The lowest BCUT2D eigenvalue weighted by atomic mass is 9.76. The molecular weight excluding hydrogens is 386 g/mol. The van der Waals surface area contributed by atoms with E-state index < -0.39 is 35.4 Å². The molecule has 3 aliphatic rings. The van der Waals surface area contributed by atoms with E-state index in [2.05, 4.69) is 5.32 Å². The van der Waals surface area contributed by atoms with E-state index in [9.17, 15) is 19.5 Å². The number of hydrogen-bond acceptors (Lipinski definition) is 5. The number of carbonyl (C=O) groups is 3. The normalized spacial score (nSPS) is 32.1. The van der Waals surface area contributed by atoms with Crippen LogP contribution >= 0.6 is 11.6 Å². The molecule has 0 radical (unpaired) electrons. The third-order valence-electron chi connectivity index (χ3n) is 6.24. The average Bonchev–Trinajstić information content (AvgIpc) is 3.21. The van der Waals surface area contributed by atoms with Gasteiger partial charge < -0.3 is 20.5 Å². The highest BCUT2D eigenvalue weighted by molar-refractivity contribution is 6.31. The van der Waals surface area contributed by atoms with Gasteiger partial charge in [0.1, 0.15) is 24.0 Å². The molecule has 3 amide bonds. The van der Waals surface area contributed by atoms with Gasteiger partial charge in [0.2, 0.25) is 17.4 Å². The summed E-state index contributed by atoms with van der Waals surface area (Å²) in [4.78, 5) is 40.8. The van der Waals surface area contributed by atoms with Crippen molar-refractivity contribution in [2.75, 3.05) is 25.6 Å². The van der Waals surface area contributed by atoms with Crippen molar-refractivity contribution in [3.8, 4) is 0 Å². The van der Waals surface area contributed by atoms with Crippen molar-refractivity contribution in [2.45, 2.75) is 31.5 Å². The summed E-state index contributed by atoms with van der Waals surface area (Å²) in [7, 11) is 1.49. The zero-order valence-corrected chi connectivity index (χ0v) is 16.6. The Hall–Kier alpha value is -2.00. The standard InChI is InChI=1S/C19H22ClN3O5/c1-8-6-10(20)7-11-14(8)21-18(27)19(11)13-12(15(22-19)9(2)24)16(25)23(17(13)26)4-5-28-3/h6-7,9,12-13,15,22,24H,4-5H2,1-3H3,(H,21,27)/p+1/t9-,12+,13+,15-,19+/m1/s1. The monoisotopic (exact) mass is 408 g/mol. The van der Waals surface area contributed by atoms with Crippen molar-refractivity contribution in [3.05, 3.63) is 28.3 Å². The molecule has 150 valence electrons. The number of benzene rings is 1. The minimum Gasteiger partial charge on any atom is -0.387 e. The molecule has 1 spiro atoms. The molecule has 0 unspecified atom stereocenters. The number of hydrogen-bond donors (Lipinski definition) is 3. The number of imide groups is 1. The van der Waals surface area contributed by atoms with Crippen LogP contribution in [0.3, 0.4) is 0 Å². The third kappa shape index (κ3) is 2.38. The van der Waals surface area contributed by atoms with Crippen LogP contribution in [0.4, 0.5) is 5.69 Å². The first-order valence-electron chi connectivity index (χ1n) is 9.24. The van der Waals surface area contributed by atoms with Crippen molar-refractivity contribution in [2.24, 2.45) is 11.8 Å². The maximum absolute atomic E-state index is 13.3. The number of carbonyl (C=O) groups excluding carboxylic acids is 3. The van der Waals surface area contributed by atoms with Crippen molar-refractivity contribution in [3.63, 3.8) is 0 Å². The molecule has 0 aliphatic carbocycles. The summed E-state index contributed by atoms with van der Waals surface area (Å²) in [6, 6.07) is 2.80. The van der Waals surface area contributed by atoms with Crippen LogP contribution in [-0.4, -0.2) is 60.1 Å². The number of fused-ring (bicyclic) bond motifs is 4. The molecule has 8 nitrogen and oxygen atoms in total. The lowest BCUT2D eigenvalue weighted by molar-refractivity contribution is -0.738. The van der Waals surface area contributed by atoms with Crippen LogP contribution in [-0.2, 0) is 24.7 Å². The average molecular weight is 409 g/mol. The van der Waals surface area contributed by atoms with Crippen LogP contribution < -0.4 is 10.6 Å². The maximum Gasteiger partial charge on any atom is 0.291 e. The van der Waals surface area contributed by atoms with Gasteiger partial charge in [-0.3, -0.25) is 19.3 Å². The van der Waals surface area contributed by atoms with Crippen LogP contribution in [0.2, 0.25) is 5.02 Å². The Kier molecular flexibility index (Phi) is 4.50. The smallest absolute Gasteiger partial charge is 0.291 e. The van der Waals surface area contributed by atoms with Gasteiger partial charge in [0.15, 0.2) is 0 Å². The lowest BCUT2D eigenvalue weighted by Gasteiger charge is -2.27. The highest BCUT2D eigenvalue weighted by Gasteiger charge is 2.74. The molecule has 1 aromatic carbocycles. The molecule has 0 bridgehead atoms. The summed E-state index contributed by atoms with van der Waals surface area (Å²) in [6.07, 6.45) is -0.886. The van der Waals surface area contributed by atoms with E-state index in [0.29, 0.717) is 16.3 Å². The number of halogens is 1. The third-order valence-corrected chi connectivity index (χ3v) is 6.46. The summed E-state index contributed by atoms with van der Waals surface area (Å²) in [5.74, 6) is -2.84. The summed E-state index contributed by atoms with van der Waals surface area (Å²) >= 11 is 6.26. The van der Waals surface area contributed by atoms with E-state index >= 15 is 0 Å². The zero-order valence-electron chi connectivity index (χ0n) is 15.9. The second-order valence-electron chi connectivity index (χ2n) is 7.78. The number of nitrogens with two attached hydrogens (primary N) is 1. The number of aryl methyl sites for hydroxylation is 1. The zero-order chi connectivity index (χ0) is 20.4. The van der Waals surface area contributed by atoms with Crippen LogP contribution in [0.1, 0.15) is 18.1 Å². The van der Waals surface area contributed by atoms with Gasteiger partial charge >= 0.3 is 0 Å². The minimum atomic E-state index is -1.33. The van der Waals surface area contributed by atoms with Crippen LogP contribution in [0.25, 0.3) is 0 Å². The van der Waals surface area contributed by atoms with E-state index in [0.717, 1.165) is 10.5 Å². The highest BCUT2D eigenvalue weighted by Crippen LogP contribution is 2.50. The van der Waals surface area contributed by atoms with Crippen molar-refractivity contribution in [1.29, 1.82) is 0 Å². The number of amides is 3. The van der Waals surface area contributed by atoms with E-state index in [1.807, 2.05) is 6.92 Å². The Morgan fingerprint density at radius 3 is 2.71 bits per heavy atom. The molecule has 4 rings (SSSR count). The van der Waals surface area contributed by atoms with Gasteiger partial charge in [-0.15, -0.1) is 0 Å². The Labute approximate surface area is 167 Å². The van der Waals surface area contributed by atoms with E-state index in [1.165, 1.54) is 7.11 Å². The first kappa shape index (κ1) is 19.3. The number of aliphatic hydroxyl groups excluding tert-OH is 1. The van der Waals surface area contributed by atoms with Gasteiger partial charge in [0.05, 0.1) is 18.8 Å². The molecule has 28 heavy (non-hydrogen) atoms. The van der Waals surface area contributed by atoms with Crippen molar-refractivity contribution >= 4 is 35.0 Å². The second-order valence-corrected chi connectivity index (χ2v) is 8.21. The van der Waals surface area contributed by atoms with Crippen molar-refractivity contribution in [1.82, 2.24) is 4.90 Å². The summed E-state index contributed by atoms with van der Waals surface area (Å²) in [5, 5.41) is 15.4. The number of quaternary nitrogens is 1. The number of nitrogens with one attached hydrogen (secondary N) is 1. The van der Waals surface area contributed by atoms with Gasteiger partial charge in [0, 0.05) is 17.7 Å². The largest absolute Gasteiger partial charge is 0.387 e. The number of nitrogens with zero attached hydrogens (tertiary/aromatic N) is 1. The van der Waals surface area contributed by atoms with E-state index in [-0.39, 0.29) is 25.0 Å². The predicted molar refractivity (Wildman–Crippen MR) is 99.5 cm³/mol. The van der Waals surface area contributed by atoms with Crippen LogP contribution in [0.15, 0.2) is 12.1 Å². The maximum atomic E-state index is 13.3. The lowest BCUT2D eigenvalue weighted by Crippen LogP contribution is -3.00. The number of aliphatic hydroxyl groups is 1. The fourth-order valence-corrected chi connectivity index (χ4v) is 5.29. The molecular formula is C19H23ClN3O5+. The number of likely N-dealkylation sites (tertiary alicyclic amines) is 1. The minimum absolute atomic E-state index is 0.118. The quantitative estimate of drug-likeness (QED) is 0.574. The van der Waals surface area contributed by atoms with Crippen LogP contribution in [0.5, 0.6) is 0 Å². The van der Waals surface area contributed by atoms with Gasteiger partial charge in [-0.1, -0.05) is 11.6 Å². The molecule has 1 aromatic rings. The summed E-state index contributed by atoms with van der Waals surface area (Å²) in [5.41, 5.74) is 0.666. The number of ether oxygens (including phenoxy) is 1. The number of anilines is 1. The van der Waals surface area contributed by atoms with E-state index in [4.69, 9.17) is 16.3 Å². The van der Waals surface area contributed by atoms with Crippen molar-refractivity contribution < 1.29 is 29.5 Å².